The normalized spacial score (nSPS) is 17.1. The maximum Gasteiger partial charge on any atom is 0.232 e. The second-order valence-electron chi connectivity index (χ2n) is 7.48. The van der Waals surface area contributed by atoms with Crippen molar-refractivity contribution in [3.63, 3.8) is 0 Å². The van der Waals surface area contributed by atoms with E-state index in [9.17, 15) is 4.79 Å². The zero-order valence-electron chi connectivity index (χ0n) is 15.8. The van der Waals surface area contributed by atoms with Crippen molar-refractivity contribution in [2.75, 3.05) is 11.4 Å². The molecule has 0 N–H and O–H groups in total. The van der Waals surface area contributed by atoms with Gasteiger partial charge in [0.15, 0.2) is 0 Å². The minimum atomic E-state index is -0.0748. The first kappa shape index (κ1) is 17.5. The molecule has 1 aliphatic rings. The third-order valence-electron chi connectivity index (χ3n) is 5.06. The number of hydrogen-bond donors (Lipinski definition) is 0. The van der Waals surface area contributed by atoms with Gasteiger partial charge in [-0.3, -0.25) is 4.79 Å². The molecule has 1 fully saturated rings. The number of benzene rings is 2. The standard InChI is InChI=1S/C22H23N3O2/c1-14(2)16-7-9-17(10-8-16)21-23-22(27-24-21)18-12-20(26)25(13-18)19-6-4-5-15(3)11-19/h4-11,14,18H,12-13H2,1-3H3. The lowest BCUT2D eigenvalue weighted by molar-refractivity contribution is -0.117. The molecule has 0 spiro atoms. The van der Waals surface area contributed by atoms with Crippen LogP contribution in [0.5, 0.6) is 0 Å². The molecule has 0 radical (unpaired) electrons. The van der Waals surface area contributed by atoms with Gasteiger partial charge in [-0.05, 0) is 36.1 Å². The SMILES string of the molecule is Cc1cccc(N2CC(c3nc(-c4ccc(C(C)C)cc4)no3)CC2=O)c1. The van der Waals surface area contributed by atoms with Crippen LogP contribution in [0, 0.1) is 6.92 Å². The second kappa shape index (κ2) is 6.99. The van der Waals surface area contributed by atoms with Gasteiger partial charge in [-0.25, -0.2) is 0 Å². The van der Waals surface area contributed by atoms with Crippen molar-refractivity contribution >= 4 is 11.6 Å². The monoisotopic (exact) mass is 361 g/mol. The molecular weight excluding hydrogens is 338 g/mol. The van der Waals surface area contributed by atoms with Crippen LogP contribution in [0.1, 0.15) is 49.1 Å². The van der Waals surface area contributed by atoms with Gasteiger partial charge in [-0.1, -0.05) is 55.4 Å². The summed E-state index contributed by atoms with van der Waals surface area (Å²) in [5, 5.41) is 4.13. The fourth-order valence-corrected chi connectivity index (χ4v) is 3.45. The maximum absolute atomic E-state index is 12.5. The summed E-state index contributed by atoms with van der Waals surface area (Å²) in [6, 6.07) is 16.2. The van der Waals surface area contributed by atoms with E-state index in [4.69, 9.17) is 4.52 Å². The number of aryl methyl sites for hydroxylation is 1. The first-order chi connectivity index (χ1) is 13.0. The number of carbonyl (C=O) groups excluding carboxylic acids is 1. The molecule has 1 amide bonds. The summed E-state index contributed by atoms with van der Waals surface area (Å²) >= 11 is 0. The van der Waals surface area contributed by atoms with Crippen LogP contribution < -0.4 is 4.90 Å². The van der Waals surface area contributed by atoms with Crippen LogP contribution in [-0.4, -0.2) is 22.6 Å². The molecule has 1 aromatic heterocycles. The van der Waals surface area contributed by atoms with E-state index in [2.05, 4.69) is 36.1 Å². The predicted octanol–water partition coefficient (Wildman–Crippen LogP) is 4.69. The highest BCUT2D eigenvalue weighted by molar-refractivity contribution is 5.96. The van der Waals surface area contributed by atoms with Crippen LogP contribution in [0.2, 0.25) is 0 Å². The van der Waals surface area contributed by atoms with Crippen LogP contribution in [0.3, 0.4) is 0 Å². The van der Waals surface area contributed by atoms with E-state index in [-0.39, 0.29) is 11.8 Å². The van der Waals surface area contributed by atoms with Gasteiger partial charge >= 0.3 is 0 Å². The van der Waals surface area contributed by atoms with Gasteiger partial charge in [0.1, 0.15) is 0 Å². The summed E-state index contributed by atoms with van der Waals surface area (Å²) in [5.74, 6) is 1.60. The topological polar surface area (TPSA) is 59.2 Å². The Hall–Kier alpha value is -2.95. The van der Waals surface area contributed by atoms with Gasteiger partial charge in [-0.15, -0.1) is 0 Å². The molecule has 1 aliphatic heterocycles. The van der Waals surface area contributed by atoms with Crippen LogP contribution in [0.4, 0.5) is 5.69 Å². The minimum absolute atomic E-state index is 0.0748. The second-order valence-corrected chi connectivity index (χ2v) is 7.48. The Morgan fingerprint density at radius 1 is 1.15 bits per heavy atom. The highest BCUT2D eigenvalue weighted by Crippen LogP contribution is 2.32. The Bertz CT molecular complexity index is 960. The lowest BCUT2D eigenvalue weighted by Gasteiger charge is -2.16. The first-order valence-electron chi connectivity index (χ1n) is 9.32. The Kier molecular flexibility index (Phi) is 4.52. The van der Waals surface area contributed by atoms with E-state index in [1.54, 1.807) is 4.90 Å². The van der Waals surface area contributed by atoms with Crippen molar-refractivity contribution in [1.29, 1.82) is 0 Å². The Labute approximate surface area is 159 Å². The van der Waals surface area contributed by atoms with Crippen LogP contribution >= 0.6 is 0 Å². The number of carbonyl (C=O) groups is 1. The molecular formula is C22H23N3O2. The Morgan fingerprint density at radius 2 is 1.93 bits per heavy atom. The number of hydrogen-bond acceptors (Lipinski definition) is 4. The summed E-state index contributed by atoms with van der Waals surface area (Å²) < 4.78 is 5.50. The van der Waals surface area contributed by atoms with Gasteiger partial charge < -0.3 is 9.42 Å². The van der Waals surface area contributed by atoms with Gasteiger partial charge in [0.2, 0.25) is 17.6 Å². The number of amides is 1. The number of aromatic nitrogens is 2. The molecule has 27 heavy (non-hydrogen) atoms. The van der Waals surface area contributed by atoms with E-state index in [0.29, 0.717) is 30.6 Å². The Balaban J connectivity index is 1.53. The van der Waals surface area contributed by atoms with E-state index in [0.717, 1.165) is 16.8 Å². The van der Waals surface area contributed by atoms with Crippen molar-refractivity contribution in [3.05, 3.63) is 65.5 Å². The molecule has 1 unspecified atom stereocenters. The zero-order chi connectivity index (χ0) is 19.0. The summed E-state index contributed by atoms with van der Waals surface area (Å²) in [6.45, 7) is 6.92. The van der Waals surface area contributed by atoms with Crippen molar-refractivity contribution in [2.45, 2.75) is 39.0 Å². The third kappa shape index (κ3) is 3.50. The molecule has 0 saturated carbocycles. The van der Waals surface area contributed by atoms with Gasteiger partial charge in [0.05, 0.1) is 5.92 Å². The summed E-state index contributed by atoms with van der Waals surface area (Å²) in [5.41, 5.74) is 4.26. The summed E-state index contributed by atoms with van der Waals surface area (Å²) in [7, 11) is 0. The van der Waals surface area contributed by atoms with Crippen molar-refractivity contribution < 1.29 is 9.32 Å². The fourth-order valence-electron chi connectivity index (χ4n) is 3.45. The molecule has 4 rings (SSSR count). The van der Waals surface area contributed by atoms with Crippen molar-refractivity contribution in [2.24, 2.45) is 0 Å². The predicted molar refractivity (Wildman–Crippen MR) is 105 cm³/mol. The summed E-state index contributed by atoms with van der Waals surface area (Å²) in [4.78, 5) is 18.8. The highest BCUT2D eigenvalue weighted by Gasteiger charge is 2.35. The summed E-state index contributed by atoms with van der Waals surface area (Å²) in [6.07, 6.45) is 0.391. The van der Waals surface area contributed by atoms with E-state index < -0.39 is 0 Å². The molecule has 1 saturated heterocycles. The fraction of sp³-hybridized carbons (Fsp3) is 0.318. The number of anilines is 1. The Morgan fingerprint density at radius 3 is 2.63 bits per heavy atom. The third-order valence-corrected chi connectivity index (χ3v) is 5.06. The van der Waals surface area contributed by atoms with Gasteiger partial charge in [0.25, 0.3) is 0 Å². The smallest absolute Gasteiger partial charge is 0.232 e. The lowest BCUT2D eigenvalue weighted by Crippen LogP contribution is -2.24. The molecule has 5 nitrogen and oxygen atoms in total. The van der Waals surface area contributed by atoms with Crippen LogP contribution in [0.25, 0.3) is 11.4 Å². The largest absolute Gasteiger partial charge is 0.339 e. The zero-order valence-corrected chi connectivity index (χ0v) is 15.8. The number of rotatable bonds is 4. The lowest BCUT2D eigenvalue weighted by atomic mass is 10.0. The minimum Gasteiger partial charge on any atom is -0.339 e. The molecule has 2 aromatic carbocycles. The molecule has 2 heterocycles. The van der Waals surface area contributed by atoms with E-state index >= 15 is 0 Å². The van der Waals surface area contributed by atoms with Crippen LogP contribution in [0.15, 0.2) is 53.1 Å². The van der Waals surface area contributed by atoms with Gasteiger partial charge in [0, 0.05) is 24.2 Å². The van der Waals surface area contributed by atoms with E-state index in [1.165, 1.54) is 5.56 Å². The van der Waals surface area contributed by atoms with E-state index in [1.807, 2.05) is 43.3 Å². The molecule has 138 valence electrons. The number of nitrogens with zero attached hydrogens (tertiary/aromatic N) is 3. The molecule has 0 bridgehead atoms. The first-order valence-corrected chi connectivity index (χ1v) is 9.32. The average Bonchev–Trinajstić information content (AvgIpc) is 3.28. The average molecular weight is 361 g/mol. The van der Waals surface area contributed by atoms with Crippen molar-refractivity contribution in [1.82, 2.24) is 10.1 Å². The molecule has 0 aliphatic carbocycles. The molecule has 5 heteroatoms. The van der Waals surface area contributed by atoms with Gasteiger partial charge in [-0.2, -0.15) is 4.98 Å². The molecule has 1 atom stereocenters. The quantitative estimate of drug-likeness (QED) is 0.676. The van der Waals surface area contributed by atoms with Crippen molar-refractivity contribution in [3.8, 4) is 11.4 Å². The highest BCUT2D eigenvalue weighted by atomic mass is 16.5. The maximum atomic E-state index is 12.5. The molecule has 3 aromatic rings. The van der Waals surface area contributed by atoms with Crippen LogP contribution in [-0.2, 0) is 4.79 Å².